The van der Waals surface area contributed by atoms with Crippen molar-refractivity contribution in [3.63, 3.8) is 0 Å². The molecular weight excluding hydrogens is 174 g/mol. The molecule has 3 nitrogen and oxygen atoms in total. The highest BCUT2D eigenvalue weighted by Gasteiger charge is 2.01. The van der Waals surface area contributed by atoms with E-state index in [1.165, 1.54) is 19.3 Å². The molecule has 0 bridgehead atoms. The Hall–Kier alpha value is -1.25. The number of pyridine rings is 1. The van der Waals surface area contributed by atoms with Crippen LogP contribution in [0.3, 0.4) is 0 Å². The summed E-state index contributed by atoms with van der Waals surface area (Å²) in [6.45, 7) is 3.25. The summed E-state index contributed by atoms with van der Waals surface area (Å²) in [6.07, 6.45) is 5.48. The van der Waals surface area contributed by atoms with Gasteiger partial charge in [-0.25, -0.2) is 4.98 Å². The lowest BCUT2D eigenvalue weighted by Crippen LogP contribution is -2.19. The first-order chi connectivity index (χ1) is 6.74. The topological polar surface area (TPSA) is 42.1 Å². The van der Waals surface area contributed by atoms with Crippen molar-refractivity contribution in [1.82, 2.24) is 4.98 Å². The van der Waals surface area contributed by atoms with Crippen LogP contribution in [0.25, 0.3) is 0 Å². The molecule has 0 spiro atoms. The van der Waals surface area contributed by atoms with Gasteiger partial charge in [-0.2, -0.15) is 0 Å². The predicted molar refractivity (Wildman–Crippen MR) is 61.4 cm³/mol. The lowest BCUT2D eigenvalue weighted by molar-refractivity contribution is 0.701. The molecule has 0 unspecified atom stereocenters. The van der Waals surface area contributed by atoms with Gasteiger partial charge in [-0.3, -0.25) is 0 Å². The zero-order chi connectivity index (χ0) is 10.4. The summed E-state index contributed by atoms with van der Waals surface area (Å²) in [5.74, 6) is 0.959. The van der Waals surface area contributed by atoms with E-state index >= 15 is 0 Å². The monoisotopic (exact) mass is 193 g/mol. The highest BCUT2D eigenvalue weighted by atomic mass is 15.2. The normalized spacial score (nSPS) is 10.1. The molecule has 0 atom stereocenters. The van der Waals surface area contributed by atoms with Gasteiger partial charge in [0.2, 0.25) is 0 Å². The lowest BCUT2D eigenvalue weighted by atomic mass is 10.2. The largest absolute Gasteiger partial charge is 0.399 e. The number of nitrogens with two attached hydrogens (primary N) is 1. The quantitative estimate of drug-likeness (QED) is 0.729. The SMILES string of the molecule is CCCCCN(C)c1cc(N)ccn1. The number of nitrogens with zero attached hydrogens (tertiary/aromatic N) is 2. The summed E-state index contributed by atoms with van der Waals surface area (Å²) in [5, 5.41) is 0. The Morgan fingerprint density at radius 2 is 2.21 bits per heavy atom. The van der Waals surface area contributed by atoms with Crippen molar-refractivity contribution in [3.8, 4) is 0 Å². The molecule has 1 aromatic rings. The van der Waals surface area contributed by atoms with Crippen LogP contribution in [-0.4, -0.2) is 18.6 Å². The van der Waals surface area contributed by atoms with E-state index in [9.17, 15) is 0 Å². The number of aromatic nitrogens is 1. The van der Waals surface area contributed by atoms with Gasteiger partial charge in [0, 0.05) is 31.5 Å². The summed E-state index contributed by atoms with van der Waals surface area (Å²) < 4.78 is 0. The molecular formula is C11H19N3. The van der Waals surface area contributed by atoms with Crippen LogP contribution >= 0.6 is 0 Å². The first-order valence-electron chi connectivity index (χ1n) is 5.16. The second-order valence-electron chi connectivity index (χ2n) is 3.58. The lowest BCUT2D eigenvalue weighted by Gasteiger charge is -2.17. The van der Waals surface area contributed by atoms with E-state index in [-0.39, 0.29) is 0 Å². The molecule has 1 heterocycles. The maximum absolute atomic E-state index is 5.68. The molecule has 0 fully saturated rings. The Morgan fingerprint density at radius 3 is 2.86 bits per heavy atom. The molecule has 0 radical (unpaired) electrons. The van der Waals surface area contributed by atoms with Crippen molar-refractivity contribution in [2.24, 2.45) is 0 Å². The van der Waals surface area contributed by atoms with Gasteiger partial charge in [-0.05, 0) is 12.5 Å². The van der Waals surface area contributed by atoms with Crippen molar-refractivity contribution in [2.45, 2.75) is 26.2 Å². The summed E-state index contributed by atoms with van der Waals surface area (Å²) in [6, 6.07) is 3.72. The molecule has 0 saturated heterocycles. The molecule has 14 heavy (non-hydrogen) atoms. The van der Waals surface area contributed by atoms with Crippen molar-refractivity contribution in [2.75, 3.05) is 24.2 Å². The van der Waals surface area contributed by atoms with Crippen LogP contribution in [0.2, 0.25) is 0 Å². The van der Waals surface area contributed by atoms with Crippen LogP contribution in [-0.2, 0) is 0 Å². The summed E-state index contributed by atoms with van der Waals surface area (Å²) in [5.41, 5.74) is 6.46. The van der Waals surface area contributed by atoms with Gasteiger partial charge >= 0.3 is 0 Å². The summed E-state index contributed by atoms with van der Waals surface area (Å²) in [4.78, 5) is 6.41. The average Bonchev–Trinajstić information content (AvgIpc) is 2.18. The molecule has 2 N–H and O–H groups in total. The first kappa shape index (κ1) is 10.8. The molecule has 0 aliphatic carbocycles. The number of unbranched alkanes of at least 4 members (excludes halogenated alkanes) is 2. The zero-order valence-corrected chi connectivity index (χ0v) is 9.03. The Labute approximate surface area is 85.9 Å². The fourth-order valence-corrected chi connectivity index (χ4v) is 1.36. The van der Waals surface area contributed by atoms with Crippen LogP contribution in [0.15, 0.2) is 18.3 Å². The maximum atomic E-state index is 5.68. The van der Waals surface area contributed by atoms with Gasteiger partial charge < -0.3 is 10.6 Å². The molecule has 78 valence electrons. The molecule has 0 aromatic carbocycles. The van der Waals surface area contributed by atoms with Gasteiger partial charge in [0.15, 0.2) is 0 Å². The first-order valence-corrected chi connectivity index (χ1v) is 5.16. The fourth-order valence-electron chi connectivity index (χ4n) is 1.36. The van der Waals surface area contributed by atoms with Crippen LogP contribution < -0.4 is 10.6 Å². The second-order valence-corrected chi connectivity index (χ2v) is 3.58. The Morgan fingerprint density at radius 1 is 1.43 bits per heavy atom. The molecule has 0 amide bonds. The fraction of sp³-hybridized carbons (Fsp3) is 0.545. The third-order valence-corrected chi connectivity index (χ3v) is 2.26. The highest BCUT2D eigenvalue weighted by Crippen LogP contribution is 2.12. The zero-order valence-electron chi connectivity index (χ0n) is 9.03. The summed E-state index contributed by atoms with van der Waals surface area (Å²) in [7, 11) is 2.05. The number of anilines is 2. The summed E-state index contributed by atoms with van der Waals surface area (Å²) >= 11 is 0. The van der Waals surface area contributed by atoms with Crippen LogP contribution in [0.5, 0.6) is 0 Å². The number of rotatable bonds is 5. The minimum Gasteiger partial charge on any atom is -0.399 e. The molecule has 3 heteroatoms. The standard InChI is InChI=1S/C11H19N3/c1-3-4-5-8-14(2)11-9-10(12)6-7-13-11/h6-7,9H,3-5,8H2,1-2H3,(H2,12,13). The number of hydrogen-bond donors (Lipinski definition) is 1. The minimum absolute atomic E-state index is 0.775. The maximum Gasteiger partial charge on any atom is 0.130 e. The van der Waals surface area contributed by atoms with Crippen molar-refractivity contribution in [1.29, 1.82) is 0 Å². The predicted octanol–water partition coefficient (Wildman–Crippen LogP) is 2.29. The minimum atomic E-state index is 0.775. The van der Waals surface area contributed by atoms with Gasteiger partial charge in [0.1, 0.15) is 5.82 Å². The van der Waals surface area contributed by atoms with E-state index < -0.39 is 0 Å². The van der Waals surface area contributed by atoms with E-state index in [4.69, 9.17) is 5.73 Å². The smallest absolute Gasteiger partial charge is 0.130 e. The van der Waals surface area contributed by atoms with Crippen LogP contribution in [0.4, 0.5) is 11.5 Å². The van der Waals surface area contributed by atoms with Gasteiger partial charge in [0.05, 0.1) is 0 Å². The van der Waals surface area contributed by atoms with Crippen molar-refractivity contribution < 1.29 is 0 Å². The van der Waals surface area contributed by atoms with E-state index in [2.05, 4.69) is 23.9 Å². The van der Waals surface area contributed by atoms with Gasteiger partial charge in [-0.15, -0.1) is 0 Å². The van der Waals surface area contributed by atoms with Crippen LogP contribution in [0.1, 0.15) is 26.2 Å². The third-order valence-electron chi connectivity index (χ3n) is 2.26. The molecule has 1 rings (SSSR count). The highest BCUT2D eigenvalue weighted by molar-refractivity contribution is 5.49. The number of hydrogen-bond acceptors (Lipinski definition) is 3. The Balaban J connectivity index is 2.47. The van der Waals surface area contributed by atoms with Crippen molar-refractivity contribution in [3.05, 3.63) is 18.3 Å². The van der Waals surface area contributed by atoms with E-state index in [1.54, 1.807) is 6.20 Å². The average molecular weight is 193 g/mol. The molecule has 0 aliphatic heterocycles. The molecule has 1 aromatic heterocycles. The van der Waals surface area contributed by atoms with E-state index in [1.807, 2.05) is 12.1 Å². The van der Waals surface area contributed by atoms with Gasteiger partial charge in [0.25, 0.3) is 0 Å². The van der Waals surface area contributed by atoms with Crippen molar-refractivity contribution >= 4 is 11.5 Å². The van der Waals surface area contributed by atoms with E-state index in [0.29, 0.717) is 0 Å². The van der Waals surface area contributed by atoms with Crippen LogP contribution in [0, 0.1) is 0 Å². The second kappa shape index (κ2) is 5.47. The van der Waals surface area contributed by atoms with Gasteiger partial charge in [-0.1, -0.05) is 19.8 Å². The molecule has 0 saturated carbocycles. The van der Waals surface area contributed by atoms with E-state index in [0.717, 1.165) is 18.1 Å². The third kappa shape index (κ3) is 3.24. The Kier molecular flexibility index (Phi) is 4.23. The molecule has 0 aliphatic rings. The number of nitrogen functional groups attached to an aromatic ring is 1. The Bertz CT molecular complexity index is 273.